The predicted octanol–water partition coefficient (Wildman–Crippen LogP) is 3.03. The molecule has 132 valence electrons. The van der Waals surface area contributed by atoms with E-state index in [0.29, 0.717) is 11.1 Å². The first-order valence-corrected chi connectivity index (χ1v) is 8.69. The van der Waals surface area contributed by atoms with Crippen LogP contribution in [0.2, 0.25) is 0 Å². The van der Waals surface area contributed by atoms with Crippen LogP contribution in [0.15, 0.2) is 60.2 Å². The summed E-state index contributed by atoms with van der Waals surface area (Å²) in [5, 5.41) is 2.91. The Labute approximate surface area is 151 Å². The summed E-state index contributed by atoms with van der Waals surface area (Å²) in [5.74, 6) is -0.0979. The predicted molar refractivity (Wildman–Crippen MR) is 96.4 cm³/mol. The van der Waals surface area contributed by atoms with E-state index in [1.807, 2.05) is 42.5 Å². The van der Waals surface area contributed by atoms with Crippen LogP contribution in [0.1, 0.15) is 30.1 Å². The van der Waals surface area contributed by atoms with Gasteiger partial charge in [-0.05, 0) is 25.0 Å². The third-order valence-corrected chi connectivity index (χ3v) is 4.38. The van der Waals surface area contributed by atoms with Gasteiger partial charge in [-0.3, -0.25) is 4.79 Å². The number of fused-ring (bicyclic) bond motifs is 1. The SMILES string of the molecule is O=C(O[C@H](C(=O)NC1CC1)c1ccccc1)C1=Cc2ccccc2OC1. The quantitative estimate of drug-likeness (QED) is 0.843. The topological polar surface area (TPSA) is 64.6 Å². The van der Waals surface area contributed by atoms with Gasteiger partial charge in [-0.2, -0.15) is 0 Å². The maximum atomic E-state index is 12.6. The first-order chi connectivity index (χ1) is 12.7. The Kier molecular flexibility index (Phi) is 4.44. The summed E-state index contributed by atoms with van der Waals surface area (Å²) in [6.07, 6.45) is 2.72. The number of hydrogen-bond acceptors (Lipinski definition) is 4. The van der Waals surface area contributed by atoms with Gasteiger partial charge in [0.2, 0.25) is 6.10 Å². The van der Waals surface area contributed by atoms with Crippen LogP contribution >= 0.6 is 0 Å². The second-order valence-corrected chi connectivity index (χ2v) is 6.47. The highest BCUT2D eigenvalue weighted by molar-refractivity contribution is 5.97. The highest BCUT2D eigenvalue weighted by atomic mass is 16.6. The number of carbonyl (C=O) groups excluding carboxylic acids is 2. The van der Waals surface area contributed by atoms with E-state index < -0.39 is 12.1 Å². The molecule has 0 radical (unpaired) electrons. The lowest BCUT2D eigenvalue weighted by Crippen LogP contribution is -2.34. The van der Waals surface area contributed by atoms with Crippen molar-refractivity contribution in [2.75, 3.05) is 6.61 Å². The van der Waals surface area contributed by atoms with Crippen LogP contribution in [0.4, 0.5) is 0 Å². The van der Waals surface area contributed by atoms with Crippen molar-refractivity contribution in [3.05, 3.63) is 71.3 Å². The van der Waals surface area contributed by atoms with Crippen LogP contribution in [0.3, 0.4) is 0 Å². The number of para-hydroxylation sites is 1. The van der Waals surface area contributed by atoms with Crippen LogP contribution < -0.4 is 10.1 Å². The molecule has 0 aromatic heterocycles. The molecule has 1 saturated carbocycles. The number of benzene rings is 2. The van der Waals surface area contributed by atoms with Gasteiger partial charge in [-0.1, -0.05) is 48.5 Å². The van der Waals surface area contributed by atoms with E-state index >= 15 is 0 Å². The Hall–Kier alpha value is -3.08. The molecule has 0 spiro atoms. The van der Waals surface area contributed by atoms with Crippen molar-refractivity contribution in [3.63, 3.8) is 0 Å². The van der Waals surface area contributed by atoms with Crippen molar-refractivity contribution in [2.45, 2.75) is 25.0 Å². The van der Waals surface area contributed by atoms with Gasteiger partial charge in [0.1, 0.15) is 12.4 Å². The highest BCUT2D eigenvalue weighted by Gasteiger charge is 2.32. The smallest absolute Gasteiger partial charge is 0.338 e. The van der Waals surface area contributed by atoms with Gasteiger partial charge in [-0.25, -0.2) is 4.79 Å². The number of esters is 1. The second kappa shape index (κ2) is 7.04. The molecule has 1 N–H and O–H groups in total. The van der Waals surface area contributed by atoms with Gasteiger partial charge in [0.05, 0.1) is 5.57 Å². The number of amides is 1. The van der Waals surface area contributed by atoms with Gasteiger partial charge in [0.25, 0.3) is 5.91 Å². The van der Waals surface area contributed by atoms with E-state index in [1.54, 1.807) is 18.2 Å². The monoisotopic (exact) mass is 349 g/mol. The average Bonchev–Trinajstić information content (AvgIpc) is 3.50. The fourth-order valence-corrected chi connectivity index (χ4v) is 2.82. The minimum atomic E-state index is -0.970. The minimum absolute atomic E-state index is 0.127. The third kappa shape index (κ3) is 3.61. The lowest BCUT2D eigenvalue weighted by Gasteiger charge is -2.21. The standard InChI is InChI=1S/C21H19NO4/c23-20(22-17-10-11-17)19(14-6-2-1-3-7-14)26-21(24)16-12-15-8-4-5-9-18(15)25-13-16/h1-9,12,17,19H,10-11,13H2,(H,22,23)/t19-/m0/s1. The van der Waals surface area contributed by atoms with E-state index in [2.05, 4.69) is 5.32 Å². The molecule has 2 aromatic carbocycles. The summed E-state index contributed by atoms with van der Waals surface area (Å²) in [6.45, 7) is 0.127. The van der Waals surface area contributed by atoms with Crippen molar-refractivity contribution in [3.8, 4) is 5.75 Å². The van der Waals surface area contributed by atoms with Crippen molar-refractivity contribution >= 4 is 18.0 Å². The lowest BCUT2D eigenvalue weighted by atomic mass is 10.1. The summed E-state index contributed by atoms with van der Waals surface area (Å²) in [7, 11) is 0. The molecule has 1 amide bonds. The van der Waals surface area contributed by atoms with Gasteiger partial charge >= 0.3 is 5.97 Å². The molecule has 1 aliphatic carbocycles. The first-order valence-electron chi connectivity index (χ1n) is 8.69. The molecule has 1 fully saturated rings. The molecular formula is C21H19NO4. The summed E-state index contributed by atoms with van der Waals surface area (Å²) in [4.78, 5) is 25.2. The van der Waals surface area contributed by atoms with Crippen LogP contribution in [0.25, 0.3) is 6.08 Å². The van der Waals surface area contributed by atoms with Crippen LogP contribution in [0.5, 0.6) is 5.75 Å². The molecule has 0 bridgehead atoms. The Morgan fingerprint density at radius 1 is 1.04 bits per heavy atom. The van der Waals surface area contributed by atoms with Crippen LogP contribution in [-0.2, 0) is 14.3 Å². The zero-order valence-corrected chi connectivity index (χ0v) is 14.2. The van der Waals surface area contributed by atoms with E-state index in [-0.39, 0.29) is 18.6 Å². The molecule has 0 saturated heterocycles. The molecule has 5 nitrogen and oxygen atoms in total. The summed E-state index contributed by atoms with van der Waals surface area (Å²) < 4.78 is 11.2. The second-order valence-electron chi connectivity index (χ2n) is 6.47. The van der Waals surface area contributed by atoms with Crippen molar-refractivity contribution in [1.82, 2.24) is 5.32 Å². The maximum Gasteiger partial charge on any atom is 0.338 e. The molecule has 1 aliphatic heterocycles. The average molecular weight is 349 g/mol. The van der Waals surface area contributed by atoms with E-state index in [1.165, 1.54) is 0 Å². The Morgan fingerprint density at radius 2 is 1.77 bits per heavy atom. The number of nitrogens with one attached hydrogen (secondary N) is 1. The molecule has 0 unspecified atom stereocenters. The highest BCUT2D eigenvalue weighted by Crippen LogP contribution is 2.28. The zero-order chi connectivity index (χ0) is 17.9. The molecule has 26 heavy (non-hydrogen) atoms. The molecule has 1 atom stereocenters. The molecular weight excluding hydrogens is 330 g/mol. The van der Waals surface area contributed by atoms with Gasteiger partial charge < -0.3 is 14.8 Å². The molecule has 2 aliphatic rings. The number of ether oxygens (including phenoxy) is 2. The lowest BCUT2D eigenvalue weighted by molar-refractivity contribution is -0.153. The zero-order valence-electron chi connectivity index (χ0n) is 14.2. The van der Waals surface area contributed by atoms with Crippen molar-refractivity contribution in [1.29, 1.82) is 0 Å². The normalized spacial score (nSPS) is 16.5. The number of carbonyl (C=O) groups is 2. The number of rotatable bonds is 5. The Bertz CT molecular complexity index is 855. The minimum Gasteiger partial charge on any atom is -0.488 e. The van der Waals surface area contributed by atoms with E-state index in [4.69, 9.17) is 9.47 Å². The maximum absolute atomic E-state index is 12.6. The molecule has 1 heterocycles. The summed E-state index contributed by atoms with van der Waals surface area (Å²) >= 11 is 0. The van der Waals surface area contributed by atoms with E-state index in [9.17, 15) is 9.59 Å². The molecule has 2 aromatic rings. The first kappa shape index (κ1) is 16.4. The third-order valence-electron chi connectivity index (χ3n) is 4.38. The van der Waals surface area contributed by atoms with E-state index in [0.717, 1.165) is 24.2 Å². The summed E-state index contributed by atoms with van der Waals surface area (Å²) in [6, 6.07) is 16.7. The number of hydrogen-bond donors (Lipinski definition) is 1. The van der Waals surface area contributed by atoms with Crippen molar-refractivity contribution < 1.29 is 19.1 Å². The van der Waals surface area contributed by atoms with Gasteiger partial charge in [0, 0.05) is 17.2 Å². The largest absolute Gasteiger partial charge is 0.488 e. The van der Waals surface area contributed by atoms with Gasteiger partial charge in [-0.15, -0.1) is 0 Å². The molecule has 4 rings (SSSR count). The van der Waals surface area contributed by atoms with Crippen molar-refractivity contribution in [2.24, 2.45) is 0 Å². The fourth-order valence-electron chi connectivity index (χ4n) is 2.82. The fraction of sp³-hybridized carbons (Fsp3) is 0.238. The summed E-state index contributed by atoms with van der Waals surface area (Å²) in [5.41, 5.74) is 1.87. The van der Waals surface area contributed by atoms with Crippen LogP contribution in [0, 0.1) is 0 Å². The Morgan fingerprint density at radius 3 is 2.54 bits per heavy atom. The molecule has 5 heteroatoms. The van der Waals surface area contributed by atoms with Gasteiger partial charge in [0.15, 0.2) is 0 Å². The van der Waals surface area contributed by atoms with Crippen LogP contribution in [-0.4, -0.2) is 24.5 Å². The Balaban J connectivity index is 1.54.